The van der Waals surface area contributed by atoms with Crippen LogP contribution in [0.15, 0.2) is 24.4 Å². The summed E-state index contributed by atoms with van der Waals surface area (Å²) < 4.78 is 0. The van der Waals surface area contributed by atoms with Crippen LogP contribution < -0.4 is 5.73 Å². The Morgan fingerprint density at radius 1 is 1.47 bits per heavy atom. The lowest BCUT2D eigenvalue weighted by atomic mass is 10.2. The molecule has 1 aliphatic rings. The van der Waals surface area contributed by atoms with E-state index in [4.69, 9.17) is 5.73 Å². The number of hydrogen-bond acceptors (Lipinski definition) is 3. The maximum absolute atomic E-state index is 11.8. The first-order chi connectivity index (χ1) is 7.12. The second kappa shape index (κ2) is 6.19. The van der Waals surface area contributed by atoms with Crippen LogP contribution in [-0.2, 0) is 11.3 Å². The highest BCUT2D eigenvalue weighted by molar-refractivity contribution is 5.88. The van der Waals surface area contributed by atoms with E-state index in [1.165, 1.54) is 0 Å². The molecule has 0 atom stereocenters. The Morgan fingerprint density at radius 3 is 2.59 bits per heavy atom. The number of aromatic nitrogens is 1. The number of rotatable bonds is 3. The molecule has 1 saturated carbocycles. The molecule has 1 aromatic heterocycles. The fraction of sp³-hybridized carbons (Fsp3) is 0.455. The van der Waals surface area contributed by atoms with Crippen LogP contribution >= 0.6 is 24.8 Å². The summed E-state index contributed by atoms with van der Waals surface area (Å²) >= 11 is 0. The van der Waals surface area contributed by atoms with Gasteiger partial charge in [0.15, 0.2) is 0 Å². The lowest BCUT2D eigenvalue weighted by Crippen LogP contribution is -2.43. The first-order valence-corrected chi connectivity index (χ1v) is 5.06. The minimum atomic E-state index is -0.580. The molecule has 1 aliphatic carbocycles. The normalized spacial score (nSPS) is 15.2. The van der Waals surface area contributed by atoms with Crippen molar-refractivity contribution >= 4 is 30.7 Å². The van der Waals surface area contributed by atoms with Crippen molar-refractivity contribution in [3.05, 3.63) is 30.1 Å². The molecule has 0 unspecified atom stereocenters. The van der Waals surface area contributed by atoms with Gasteiger partial charge in [0.2, 0.25) is 5.91 Å². The molecule has 96 valence electrons. The SMILES string of the molecule is CN(Cc1ccccn1)C(=O)C1(N)CC1.Cl.Cl. The highest BCUT2D eigenvalue weighted by Crippen LogP contribution is 2.33. The molecule has 6 heteroatoms. The number of nitrogens with zero attached hydrogens (tertiary/aromatic N) is 2. The van der Waals surface area contributed by atoms with Crippen LogP contribution in [-0.4, -0.2) is 28.4 Å². The van der Waals surface area contributed by atoms with Gasteiger partial charge in [0.25, 0.3) is 0 Å². The van der Waals surface area contributed by atoms with Crippen molar-refractivity contribution in [3.63, 3.8) is 0 Å². The first kappa shape index (κ1) is 16.2. The standard InChI is InChI=1S/C11H15N3O.2ClH/c1-14(10(15)11(12)5-6-11)8-9-4-2-3-7-13-9;;/h2-4,7H,5-6,8,12H2,1H3;2*1H. The number of carbonyl (C=O) groups excluding carboxylic acids is 1. The highest BCUT2D eigenvalue weighted by atomic mass is 35.5. The molecule has 1 amide bonds. The van der Waals surface area contributed by atoms with Gasteiger partial charge < -0.3 is 10.6 Å². The van der Waals surface area contributed by atoms with Gasteiger partial charge in [-0.3, -0.25) is 9.78 Å². The quantitative estimate of drug-likeness (QED) is 0.908. The van der Waals surface area contributed by atoms with E-state index < -0.39 is 5.54 Å². The Bertz CT molecular complexity index is 368. The van der Waals surface area contributed by atoms with E-state index in [1.807, 2.05) is 18.2 Å². The molecular formula is C11H17Cl2N3O. The molecular weight excluding hydrogens is 261 g/mol. The maximum Gasteiger partial charge on any atom is 0.242 e. The van der Waals surface area contributed by atoms with Crippen molar-refractivity contribution in [1.82, 2.24) is 9.88 Å². The summed E-state index contributed by atoms with van der Waals surface area (Å²) in [5.74, 6) is 0.0214. The summed E-state index contributed by atoms with van der Waals surface area (Å²) in [6.45, 7) is 0.526. The number of hydrogen-bond donors (Lipinski definition) is 1. The van der Waals surface area contributed by atoms with Crippen molar-refractivity contribution in [3.8, 4) is 0 Å². The first-order valence-electron chi connectivity index (χ1n) is 5.06. The smallest absolute Gasteiger partial charge is 0.242 e. The molecule has 0 spiro atoms. The van der Waals surface area contributed by atoms with E-state index in [-0.39, 0.29) is 30.7 Å². The second-order valence-corrected chi connectivity index (χ2v) is 4.14. The molecule has 0 aliphatic heterocycles. The summed E-state index contributed by atoms with van der Waals surface area (Å²) in [5, 5.41) is 0. The Morgan fingerprint density at radius 2 is 2.12 bits per heavy atom. The molecule has 0 radical (unpaired) electrons. The Balaban J connectivity index is 0.00000128. The molecule has 0 bridgehead atoms. The van der Waals surface area contributed by atoms with E-state index in [0.717, 1.165) is 18.5 Å². The van der Waals surface area contributed by atoms with Crippen LogP contribution in [0.4, 0.5) is 0 Å². The largest absolute Gasteiger partial charge is 0.338 e. The fourth-order valence-corrected chi connectivity index (χ4v) is 1.54. The third-order valence-corrected chi connectivity index (χ3v) is 2.69. The van der Waals surface area contributed by atoms with Crippen molar-refractivity contribution < 1.29 is 4.79 Å². The molecule has 0 aromatic carbocycles. The van der Waals surface area contributed by atoms with E-state index in [1.54, 1.807) is 18.1 Å². The van der Waals surface area contributed by atoms with Crippen molar-refractivity contribution in [1.29, 1.82) is 0 Å². The number of halogens is 2. The molecule has 1 aromatic rings. The predicted octanol–water partition coefficient (Wildman–Crippen LogP) is 1.37. The number of nitrogens with two attached hydrogens (primary N) is 1. The van der Waals surface area contributed by atoms with Crippen LogP contribution in [0.25, 0.3) is 0 Å². The van der Waals surface area contributed by atoms with Gasteiger partial charge in [0.1, 0.15) is 0 Å². The minimum absolute atomic E-state index is 0. The number of amides is 1. The Kier molecular flexibility index (Phi) is 5.88. The lowest BCUT2D eigenvalue weighted by molar-refractivity contribution is -0.132. The van der Waals surface area contributed by atoms with Crippen LogP contribution in [0.3, 0.4) is 0 Å². The van der Waals surface area contributed by atoms with Crippen molar-refractivity contribution in [2.45, 2.75) is 24.9 Å². The molecule has 2 rings (SSSR count). The molecule has 2 N–H and O–H groups in total. The zero-order valence-corrected chi connectivity index (χ0v) is 11.3. The molecule has 4 nitrogen and oxygen atoms in total. The topological polar surface area (TPSA) is 59.2 Å². The minimum Gasteiger partial charge on any atom is -0.338 e. The Hall–Kier alpha value is -0.840. The number of likely N-dealkylation sites (N-methyl/N-ethyl adjacent to an activating group) is 1. The number of pyridine rings is 1. The van der Waals surface area contributed by atoms with E-state index in [0.29, 0.717) is 6.54 Å². The van der Waals surface area contributed by atoms with Gasteiger partial charge in [-0.15, -0.1) is 24.8 Å². The van der Waals surface area contributed by atoms with Gasteiger partial charge in [-0.05, 0) is 25.0 Å². The average molecular weight is 278 g/mol. The average Bonchev–Trinajstić information content (AvgIpc) is 2.98. The van der Waals surface area contributed by atoms with Crippen LogP contribution in [0.5, 0.6) is 0 Å². The molecule has 1 heterocycles. The zero-order valence-electron chi connectivity index (χ0n) is 9.63. The van der Waals surface area contributed by atoms with Crippen LogP contribution in [0.2, 0.25) is 0 Å². The fourth-order valence-electron chi connectivity index (χ4n) is 1.54. The third kappa shape index (κ3) is 3.84. The van der Waals surface area contributed by atoms with Gasteiger partial charge in [0.05, 0.1) is 17.8 Å². The van der Waals surface area contributed by atoms with Gasteiger partial charge in [-0.25, -0.2) is 0 Å². The molecule has 1 fully saturated rings. The van der Waals surface area contributed by atoms with Crippen LogP contribution in [0.1, 0.15) is 18.5 Å². The highest BCUT2D eigenvalue weighted by Gasteiger charge is 2.47. The summed E-state index contributed by atoms with van der Waals surface area (Å²) in [6.07, 6.45) is 3.33. The summed E-state index contributed by atoms with van der Waals surface area (Å²) in [7, 11) is 1.77. The third-order valence-electron chi connectivity index (χ3n) is 2.69. The van der Waals surface area contributed by atoms with Gasteiger partial charge in [-0.2, -0.15) is 0 Å². The van der Waals surface area contributed by atoms with Gasteiger partial charge in [-0.1, -0.05) is 6.07 Å². The Labute approximate surface area is 113 Å². The second-order valence-electron chi connectivity index (χ2n) is 4.14. The van der Waals surface area contributed by atoms with Crippen molar-refractivity contribution in [2.75, 3.05) is 7.05 Å². The maximum atomic E-state index is 11.8. The van der Waals surface area contributed by atoms with Gasteiger partial charge in [0, 0.05) is 13.2 Å². The monoisotopic (exact) mass is 277 g/mol. The van der Waals surface area contributed by atoms with E-state index in [2.05, 4.69) is 4.98 Å². The lowest BCUT2D eigenvalue weighted by Gasteiger charge is -2.20. The molecule has 17 heavy (non-hydrogen) atoms. The summed E-state index contributed by atoms with van der Waals surface area (Å²) in [4.78, 5) is 17.6. The van der Waals surface area contributed by atoms with Gasteiger partial charge >= 0.3 is 0 Å². The van der Waals surface area contributed by atoms with Crippen molar-refractivity contribution in [2.24, 2.45) is 5.73 Å². The zero-order chi connectivity index (χ0) is 10.9. The summed E-state index contributed by atoms with van der Waals surface area (Å²) in [6, 6.07) is 5.67. The van der Waals surface area contributed by atoms with Crippen LogP contribution in [0, 0.1) is 0 Å². The number of carbonyl (C=O) groups is 1. The summed E-state index contributed by atoms with van der Waals surface area (Å²) in [5.41, 5.74) is 6.14. The predicted molar refractivity (Wildman–Crippen MR) is 71.4 cm³/mol. The molecule has 0 saturated heterocycles. The van der Waals surface area contributed by atoms with E-state index >= 15 is 0 Å². The van der Waals surface area contributed by atoms with E-state index in [9.17, 15) is 4.79 Å².